The summed E-state index contributed by atoms with van der Waals surface area (Å²) in [6.07, 6.45) is 0.524. The second-order valence-electron chi connectivity index (χ2n) is 3.19. The van der Waals surface area contributed by atoms with E-state index in [0.29, 0.717) is 24.8 Å². The van der Waals surface area contributed by atoms with E-state index in [9.17, 15) is 9.90 Å². The number of likely N-dealkylation sites (tertiary alicyclic amines) is 1. The van der Waals surface area contributed by atoms with Crippen molar-refractivity contribution in [2.24, 2.45) is 0 Å². The van der Waals surface area contributed by atoms with Gasteiger partial charge in [-0.2, -0.15) is 0 Å². The molecule has 1 aliphatic heterocycles. The van der Waals surface area contributed by atoms with Crippen molar-refractivity contribution in [1.29, 1.82) is 0 Å². The van der Waals surface area contributed by atoms with Crippen LogP contribution in [-0.4, -0.2) is 39.9 Å². The SMILES string of the molecule is CC1(O)CN(C(=O)CCBr)C1. The average Bonchev–Trinajstić information content (AvgIpc) is 1.83. The van der Waals surface area contributed by atoms with E-state index in [1.54, 1.807) is 11.8 Å². The molecule has 0 aromatic heterocycles. The van der Waals surface area contributed by atoms with Gasteiger partial charge < -0.3 is 10.0 Å². The predicted molar refractivity (Wildman–Crippen MR) is 45.6 cm³/mol. The molecule has 1 saturated heterocycles. The monoisotopic (exact) mass is 221 g/mol. The summed E-state index contributed by atoms with van der Waals surface area (Å²) in [5.41, 5.74) is -0.637. The minimum atomic E-state index is -0.637. The molecule has 0 atom stereocenters. The van der Waals surface area contributed by atoms with E-state index in [4.69, 9.17) is 0 Å². The number of halogens is 1. The Bertz CT molecular complexity index is 162. The van der Waals surface area contributed by atoms with Crippen molar-refractivity contribution in [3.63, 3.8) is 0 Å². The molecule has 0 radical (unpaired) electrons. The Morgan fingerprint density at radius 2 is 2.27 bits per heavy atom. The summed E-state index contributed by atoms with van der Waals surface area (Å²) in [5.74, 6) is 0.119. The first-order chi connectivity index (χ1) is 5.05. The third-order valence-electron chi connectivity index (χ3n) is 1.72. The number of nitrogens with zero attached hydrogens (tertiary/aromatic N) is 1. The molecule has 0 aliphatic carbocycles. The van der Waals surface area contributed by atoms with Crippen molar-refractivity contribution >= 4 is 21.8 Å². The normalized spacial score (nSPS) is 21.2. The third-order valence-corrected chi connectivity index (χ3v) is 2.12. The van der Waals surface area contributed by atoms with E-state index in [-0.39, 0.29) is 5.91 Å². The molecule has 0 unspecified atom stereocenters. The van der Waals surface area contributed by atoms with Crippen molar-refractivity contribution in [3.8, 4) is 0 Å². The molecule has 0 aromatic carbocycles. The number of alkyl halides is 1. The van der Waals surface area contributed by atoms with E-state index in [1.165, 1.54) is 0 Å². The van der Waals surface area contributed by atoms with Gasteiger partial charge in [-0.25, -0.2) is 0 Å². The number of hydrogen-bond donors (Lipinski definition) is 1. The van der Waals surface area contributed by atoms with Crippen LogP contribution in [0.25, 0.3) is 0 Å². The Labute approximate surface area is 74.5 Å². The third kappa shape index (κ3) is 2.17. The smallest absolute Gasteiger partial charge is 0.223 e. The number of hydrogen-bond acceptors (Lipinski definition) is 2. The fraction of sp³-hybridized carbons (Fsp3) is 0.857. The fourth-order valence-electron chi connectivity index (χ4n) is 1.19. The lowest BCUT2D eigenvalue weighted by Crippen LogP contribution is -2.61. The maximum atomic E-state index is 11.1. The number of β-amino-alcohol motifs (C(OH)–C–C–N with tert-alkyl or cyclic N) is 1. The first-order valence-electron chi connectivity index (χ1n) is 3.61. The highest BCUT2D eigenvalue weighted by Gasteiger charge is 2.38. The molecule has 1 N–H and O–H groups in total. The average molecular weight is 222 g/mol. The van der Waals surface area contributed by atoms with Crippen LogP contribution < -0.4 is 0 Å². The Balaban J connectivity index is 2.27. The van der Waals surface area contributed by atoms with Crippen LogP contribution in [0.5, 0.6) is 0 Å². The van der Waals surface area contributed by atoms with Crippen molar-refractivity contribution in [3.05, 3.63) is 0 Å². The van der Waals surface area contributed by atoms with E-state index in [1.807, 2.05) is 0 Å². The molecule has 4 heteroatoms. The molecular weight excluding hydrogens is 210 g/mol. The summed E-state index contributed by atoms with van der Waals surface area (Å²) < 4.78 is 0. The van der Waals surface area contributed by atoms with Gasteiger partial charge in [-0.05, 0) is 6.92 Å². The Hall–Kier alpha value is -0.0900. The van der Waals surface area contributed by atoms with Gasteiger partial charge in [-0.1, -0.05) is 15.9 Å². The lowest BCUT2D eigenvalue weighted by Gasteiger charge is -2.44. The van der Waals surface area contributed by atoms with Crippen LogP contribution in [0.4, 0.5) is 0 Å². The van der Waals surface area contributed by atoms with Crippen LogP contribution in [0.15, 0.2) is 0 Å². The van der Waals surface area contributed by atoms with Crippen LogP contribution in [0.1, 0.15) is 13.3 Å². The quantitative estimate of drug-likeness (QED) is 0.685. The maximum absolute atomic E-state index is 11.1. The van der Waals surface area contributed by atoms with E-state index in [0.717, 1.165) is 0 Å². The van der Waals surface area contributed by atoms with Crippen molar-refractivity contribution in [1.82, 2.24) is 4.90 Å². The van der Waals surface area contributed by atoms with Crippen LogP contribution in [0.2, 0.25) is 0 Å². The molecule has 64 valence electrons. The summed E-state index contributed by atoms with van der Waals surface area (Å²) in [6.45, 7) is 2.71. The number of amides is 1. The highest BCUT2D eigenvalue weighted by Crippen LogP contribution is 2.20. The minimum Gasteiger partial charge on any atom is -0.386 e. The van der Waals surface area contributed by atoms with Gasteiger partial charge in [0.05, 0.1) is 18.7 Å². The van der Waals surface area contributed by atoms with E-state index in [2.05, 4.69) is 15.9 Å². The molecule has 1 rings (SSSR count). The number of carbonyl (C=O) groups is 1. The topological polar surface area (TPSA) is 40.5 Å². The standard InChI is InChI=1S/C7H12BrNO2/c1-7(11)4-9(5-7)6(10)2-3-8/h11H,2-5H2,1H3. The van der Waals surface area contributed by atoms with Crippen LogP contribution >= 0.6 is 15.9 Å². The molecule has 0 aromatic rings. The lowest BCUT2D eigenvalue weighted by atomic mass is 9.97. The summed E-state index contributed by atoms with van der Waals surface area (Å²) in [4.78, 5) is 12.8. The molecule has 3 nitrogen and oxygen atoms in total. The van der Waals surface area contributed by atoms with Crippen molar-refractivity contribution < 1.29 is 9.90 Å². The van der Waals surface area contributed by atoms with Crippen molar-refractivity contribution in [2.75, 3.05) is 18.4 Å². The van der Waals surface area contributed by atoms with Gasteiger partial charge in [-0.3, -0.25) is 4.79 Å². The molecule has 1 aliphatic rings. The molecular formula is C7H12BrNO2. The Kier molecular flexibility index (Phi) is 2.54. The van der Waals surface area contributed by atoms with Gasteiger partial charge >= 0.3 is 0 Å². The molecule has 0 bridgehead atoms. The van der Waals surface area contributed by atoms with Crippen LogP contribution in [0, 0.1) is 0 Å². The second-order valence-corrected chi connectivity index (χ2v) is 3.98. The highest BCUT2D eigenvalue weighted by atomic mass is 79.9. The zero-order chi connectivity index (χ0) is 8.48. The van der Waals surface area contributed by atoms with Crippen molar-refractivity contribution in [2.45, 2.75) is 18.9 Å². The Morgan fingerprint density at radius 1 is 1.73 bits per heavy atom. The molecule has 0 saturated carbocycles. The zero-order valence-corrected chi connectivity index (χ0v) is 8.10. The van der Waals surface area contributed by atoms with Crippen LogP contribution in [-0.2, 0) is 4.79 Å². The fourth-order valence-corrected chi connectivity index (χ4v) is 1.53. The largest absolute Gasteiger partial charge is 0.386 e. The number of carbonyl (C=O) groups excluding carboxylic acids is 1. The summed E-state index contributed by atoms with van der Waals surface area (Å²) in [6, 6.07) is 0. The minimum absolute atomic E-state index is 0.119. The molecule has 1 heterocycles. The van der Waals surface area contributed by atoms with Gasteiger partial charge in [0, 0.05) is 11.8 Å². The van der Waals surface area contributed by atoms with E-state index >= 15 is 0 Å². The first kappa shape index (κ1) is 9.00. The summed E-state index contributed by atoms with van der Waals surface area (Å²) >= 11 is 3.19. The first-order valence-corrected chi connectivity index (χ1v) is 4.73. The predicted octanol–water partition coefficient (Wildman–Crippen LogP) is 0.365. The maximum Gasteiger partial charge on any atom is 0.223 e. The van der Waals surface area contributed by atoms with Gasteiger partial charge in [-0.15, -0.1) is 0 Å². The molecule has 1 amide bonds. The lowest BCUT2D eigenvalue weighted by molar-refractivity contribution is -0.151. The van der Waals surface area contributed by atoms with Gasteiger partial charge in [0.2, 0.25) is 5.91 Å². The highest BCUT2D eigenvalue weighted by molar-refractivity contribution is 9.09. The Morgan fingerprint density at radius 3 is 2.64 bits per heavy atom. The summed E-state index contributed by atoms with van der Waals surface area (Å²) in [5, 5.41) is 9.99. The number of rotatable bonds is 2. The molecule has 11 heavy (non-hydrogen) atoms. The van der Waals surface area contributed by atoms with E-state index < -0.39 is 5.60 Å². The second kappa shape index (κ2) is 3.11. The number of aliphatic hydroxyl groups is 1. The zero-order valence-electron chi connectivity index (χ0n) is 6.51. The molecule has 0 spiro atoms. The van der Waals surface area contributed by atoms with Gasteiger partial charge in [0.15, 0.2) is 0 Å². The van der Waals surface area contributed by atoms with Crippen LogP contribution in [0.3, 0.4) is 0 Å². The molecule has 1 fully saturated rings. The van der Waals surface area contributed by atoms with Gasteiger partial charge in [0.25, 0.3) is 0 Å². The van der Waals surface area contributed by atoms with Gasteiger partial charge in [0.1, 0.15) is 0 Å². The summed E-state index contributed by atoms with van der Waals surface area (Å²) in [7, 11) is 0.